The molecule has 2 aliphatic rings. The lowest BCUT2D eigenvalue weighted by atomic mass is 10.2. The van der Waals surface area contributed by atoms with Crippen molar-refractivity contribution in [3.63, 3.8) is 0 Å². The SMILES string of the molecule is O=CC(CC(=O)N1CCC(O)C1)N1CCCC1. The van der Waals surface area contributed by atoms with Crippen LogP contribution in [0.4, 0.5) is 0 Å². The summed E-state index contributed by atoms with van der Waals surface area (Å²) in [6.07, 6.45) is 3.63. The summed E-state index contributed by atoms with van der Waals surface area (Å²) >= 11 is 0. The smallest absolute Gasteiger partial charge is 0.224 e. The van der Waals surface area contributed by atoms with Gasteiger partial charge in [-0.3, -0.25) is 9.69 Å². The highest BCUT2D eigenvalue weighted by Gasteiger charge is 2.29. The Kier molecular flexibility index (Phi) is 4.12. The Balaban J connectivity index is 1.85. The Labute approximate surface area is 101 Å². The third-order valence-corrected chi connectivity index (χ3v) is 3.67. The van der Waals surface area contributed by atoms with Crippen LogP contribution in [0.25, 0.3) is 0 Å². The van der Waals surface area contributed by atoms with Gasteiger partial charge in [-0.2, -0.15) is 0 Å². The molecule has 1 N–H and O–H groups in total. The monoisotopic (exact) mass is 240 g/mol. The fourth-order valence-corrected chi connectivity index (χ4v) is 2.61. The van der Waals surface area contributed by atoms with Gasteiger partial charge in [0.05, 0.1) is 12.1 Å². The predicted molar refractivity (Wildman–Crippen MR) is 62.5 cm³/mol. The van der Waals surface area contributed by atoms with Gasteiger partial charge in [0, 0.05) is 19.5 Å². The van der Waals surface area contributed by atoms with E-state index in [1.807, 2.05) is 0 Å². The standard InChI is InChI=1S/C12H20N2O3/c15-9-10(13-4-1-2-5-13)7-12(17)14-6-3-11(16)8-14/h9-11,16H,1-8H2. The molecule has 5 heteroatoms. The first-order valence-corrected chi connectivity index (χ1v) is 6.36. The average molecular weight is 240 g/mol. The van der Waals surface area contributed by atoms with Crippen molar-refractivity contribution in [3.05, 3.63) is 0 Å². The number of likely N-dealkylation sites (tertiary alicyclic amines) is 2. The van der Waals surface area contributed by atoms with Crippen LogP contribution in [0.15, 0.2) is 0 Å². The number of aldehydes is 1. The highest BCUT2D eigenvalue weighted by Crippen LogP contribution is 2.16. The number of hydrogen-bond acceptors (Lipinski definition) is 4. The molecule has 17 heavy (non-hydrogen) atoms. The van der Waals surface area contributed by atoms with Crippen LogP contribution in [-0.2, 0) is 9.59 Å². The molecule has 0 bridgehead atoms. The molecule has 2 heterocycles. The van der Waals surface area contributed by atoms with Gasteiger partial charge in [-0.1, -0.05) is 0 Å². The van der Waals surface area contributed by atoms with Gasteiger partial charge in [-0.05, 0) is 32.4 Å². The summed E-state index contributed by atoms with van der Waals surface area (Å²) in [5, 5.41) is 9.38. The number of carbonyl (C=O) groups excluding carboxylic acids is 2. The average Bonchev–Trinajstić information content (AvgIpc) is 2.96. The molecule has 0 aromatic rings. The van der Waals surface area contributed by atoms with E-state index < -0.39 is 0 Å². The number of amides is 1. The molecule has 0 aliphatic carbocycles. The van der Waals surface area contributed by atoms with Gasteiger partial charge >= 0.3 is 0 Å². The predicted octanol–water partition coefficient (Wildman–Crippen LogP) is -0.367. The van der Waals surface area contributed by atoms with Crippen LogP contribution in [0.2, 0.25) is 0 Å². The second-order valence-electron chi connectivity index (χ2n) is 4.93. The van der Waals surface area contributed by atoms with E-state index in [9.17, 15) is 14.7 Å². The Morgan fingerprint density at radius 2 is 2.06 bits per heavy atom. The molecule has 0 radical (unpaired) electrons. The molecule has 2 aliphatic heterocycles. The van der Waals surface area contributed by atoms with Crippen molar-refractivity contribution < 1.29 is 14.7 Å². The molecule has 0 aromatic heterocycles. The second-order valence-corrected chi connectivity index (χ2v) is 4.93. The van der Waals surface area contributed by atoms with E-state index in [1.54, 1.807) is 4.90 Å². The summed E-state index contributed by atoms with van der Waals surface area (Å²) in [6, 6.07) is -0.275. The Bertz CT molecular complexity index is 289. The molecular weight excluding hydrogens is 220 g/mol. The van der Waals surface area contributed by atoms with E-state index in [4.69, 9.17) is 0 Å². The number of hydrogen-bond donors (Lipinski definition) is 1. The van der Waals surface area contributed by atoms with Crippen LogP contribution in [0.5, 0.6) is 0 Å². The number of carbonyl (C=O) groups is 2. The zero-order chi connectivity index (χ0) is 12.3. The van der Waals surface area contributed by atoms with Crippen molar-refractivity contribution in [2.75, 3.05) is 26.2 Å². The van der Waals surface area contributed by atoms with E-state index >= 15 is 0 Å². The van der Waals surface area contributed by atoms with Crippen molar-refractivity contribution in [1.82, 2.24) is 9.80 Å². The molecule has 96 valence electrons. The van der Waals surface area contributed by atoms with Gasteiger partial charge in [-0.25, -0.2) is 0 Å². The lowest BCUT2D eigenvalue weighted by Crippen LogP contribution is -2.40. The first-order chi connectivity index (χ1) is 8.20. The molecular formula is C12H20N2O3. The summed E-state index contributed by atoms with van der Waals surface area (Å²) in [7, 11) is 0. The van der Waals surface area contributed by atoms with E-state index in [0.717, 1.165) is 32.2 Å². The topological polar surface area (TPSA) is 60.9 Å². The Hall–Kier alpha value is -0.940. The van der Waals surface area contributed by atoms with Crippen LogP contribution < -0.4 is 0 Å². The van der Waals surface area contributed by atoms with Gasteiger partial charge in [0.2, 0.25) is 5.91 Å². The molecule has 2 rings (SSSR count). The minimum Gasteiger partial charge on any atom is -0.391 e. The molecule has 2 fully saturated rings. The quantitative estimate of drug-likeness (QED) is 0.681. The zero-order valence-electron chi connectivity index (χ0n) is 10.0. The summed E-state index contributed by atoms with van der Waals surface area (Å²) in [5.74, 6) is -0.00875. The number of β-amino-alcohol motifs (C(OH)–C–C–N with tert-alkyl or cyclic N) is 1. The Morgan fingerprint density at radius 1 is 1.35 bits per heavy atom. The van der Waals surface area contributed by atoms with Gasteiger partial charge in [-0.15, -0.1) is 0 Å². The highest BCUT2D eigenvalue weighted by molar-refractivity contribution is 5.80. The lowest BCUT2D eigenvalue weighted by Gasteiger charge is -2.24. The summed E-state index contributed by atoms with van der Waals surface area (Å²) in [4.78, 5) is 26.7. The maximum atomic E-state index is 11.9. The van der Waals surface area contributed by atoms with Crippen molar-refractivity contribution >= 4 is 12.2 Å². The summed E-state index contributed by atoms with van der Waals surface area (Å²) in [5.41, 5.74) is 0. The van der Waals surface area contributed by atoms with E-state index in [2.05, 4.69) is 4.90 Å². The highest BCUT2D eigenvalue weighted by atomic mass is 16.3. The first-order valence-electron chi connectivity index (χ1n) is 6.36. The molecule has 2 atom stereocenters. The molecule has 5 nitrogen and oxygen atoms in total. The van der Waals surface area contributed by atoms with E-state index in [0.29, 0.717) is 19.5 Å². The van der Waals surface area contributed by atoms with Crippen molar-refractivity contribution in [1.29, 1.82) is 0 Å². The first kappa shape index (κ1) is 12.5. The van der Waals surface area contributed by atoms with Crippen molar-refractivity contribution in [2.24, 2.45) is 0 Å². The molecule has 2 saturated heterocycles. The van der Waals surface area contributed by atoms with Crippen molar-refractivity contribution in [3.8, 4) is 0 Å². The van der Waals surface area contributed by atoms with Crippen molar-refractivity contribution in [2.45, 2.75) is 37.8 Å². The molecule has 0 aromatic carbocycles. The third-order valence-electron chi connectivity index (χ3n) is 3.67. The van der Waals surface area contributed by atoms with Gasteiger partial charge in [0.15, 0.2) is 0 Å². The Morgan fingerprint density at radius 3 is 2.59 bits per heavy atom. The van der Waals surface area contributed by atoms with Gasteiger partial charge in [0.25, 0.3) is 0 Å². The van der Waals surface area contributed by atoms with Crippen LogP contribution in [-0.4, -0.2) is 65.4 Å². The third kappa shape index (κ3) is 3.04. The fraction of sp³-hybridized carbons (Fsp3) is 0.833. The number of nitrogens with zero attached hydrogens (tertiary/aromatic N) is 2. The second kappa shape index (κ2) is 5.60. The molecule has 0 saturated carbocycles. The van der Waals surface area contributed by atoms with Crippen LogP contribution in [0.3, 0.4) is 0 Å². The minimum absolute atomic E-state index is 0.00875. The zero-order valence-corrected chi connectivity index (χ0v) is 10.0. The van der Waals surface area contributed by atoms with Crippen LogP contribution >= 0.6 is 0 Å². The fourth-order valence-electron chi connectivity index (χ4n) is 2.61. The van der Waals surface area contributed by atoms with E-state index in [1.165, 1.54) is 0 Å². The number of rotatable bonds is 4. The lowest BCUT2D eigenvalue weighted by molar-refractivity contribution is -0.133. The normalized spacial score (nSPS) is 27.4. The summed E-state index contributed by atoms with van der Waals surface area (Å²) in [6.45, 7) is 2.87. The molecule has 2 unspecified atom stereocenters. The largest absolute Gasteiger partial charge is 0.391 e. The van der Waals surface area contributed by atoms with Crippen LogP contribution in [0, 0.1) is 0 Å². The maximum absolute atomic E-state index is 11.9. The van der Waals surface area contributed by atoms with Crippen LogP contribution in [0.1, 0.15) is 25.7 Å². The summed E-state index contributed by atoms with van der Waals surface area (Å²) < 4.78 is 0. The minimum atomic E-state index is -0.389. The van der Waals surface area contributed by atoms with Gasteiger partial charge in [0.1, 0.15) is 6.29 Å². The van der Waals surface area contributed by atoms with E-state index in [-0.39, 0.29) is 24.5 Å². The number of aliphatic hydroxyl groups is 1. The van der Waals surface area contributed by atoms with Gasteiger partial charge < -0.3 is 14.8 Å². The molecule has 1 amide bonds. The molecule has 0 spiro atoms. The maximum Gasteiger partial charge on any atom is 0.224 e. The number of aliphatic hydroxyl groups excluding tert-OH is 1.